The van der Waals surface area contributed by atoms with Gasteiger partial charge in [0.25, 0.3) is 5.91 Å². The third-order valence-electron chi connectivity index (χ3n) is 3.58. The number of carbonyl (C=O) groups is 1. The number of rotatable bonds is 7. The van der Waals surface area contributed by atoms with Gasteiger partial charge in [-0.1, -0.05) is 32.0 Å². The molecule has 2 aromatic carbocycles. The van der Waals surface area contributed by atoms with Crippen LogP contribution < -0.4 is 10.1 Å². The van der Waals surface area contributed by atoms with E-state index < -0.39 is 6.10 Å². The predicted molar refractivity (Wildman–Crippen MR) is 102 cm³/mol. The summed E-state index contributed by atoms with van der Waals surface area (Å²) in [5, 5.41) is 3.01. The standard InChI is InChI=1S/C20H25NO2S/c1-5-18(23-16-12-14(3)11-15(4)13-16)20(22)21-17-9-7-8-10-19(17)24-6-2/h7-13,18H,5-6H2,1-4H3,(H,21,22)/t18-/m1/s1. The number of nitrogens with one attached hydrogen (secondary N) is 1. The molecule has 128 valence electrons. The fourth-order valence-electron chi connectivity index (χ4n) is 2.55. The summed E-state index contributed by atoms with van der Waals surface area (Å²) in [4.78, 5) is 13.7. The quantitative estimate of drug-likeness (QED) is 0.701. The van der Waals surface area contributed by atoms with E-state index in [1.165, 1.54) is 0 Å². The van der Waals surface area contributed by atoms with E-state index in [0.29, 0.717) is 6.42 Å². The highest BCUT2D eigenvalue weighted by atomic mass is 32.2. The number of anilines is 1. The van der Waals surface area contributed by atoms with Crippen LogP contribution >= 0.6 is 11.8 Å². The Bertz CT molecular complexity index is 680. The van der Waals surface area contributed by atoms with Gasteiger partial charge >= 0.3 is 0 Å². The fourth-order valence-corrected chi connectivity index (χ4v) is 3.31. The third-order valence-corrected chi connectivity index (χ3v) is 4.54. The highest BCUT2D eigenvalue weighted by Crippen LogP contribution is 2.27. The van der Waals surface area contributed by atoms with Crippen molar-refractivity contribution in [1.29, 1.82) is 0 Å². The number of amides is 1. The van der Waals surface area contributed by atoms with Crippen molar-refractivity contribution in [2.75, 3.05) is 11.1 Å². The Morgan fingerprint density at radius 1 is 1.12 bits per heavy atom. The van der Waals surface area contributed by atoms with Crippen LogP contribution in [0, 0.1) is 13.8 Å². The minimum atomic E-state index is -0.508. The maximum Gasteiger partial charge on any atom is 0.265 e. The molecule has 0 heterocycles. The van der Waals surface area contributed by atoms with Gasteiger partial charge in [-0.3, -0.25) is 4.79 Å². The zero-order valence-electron chi connectivity index (χ0n) is 14.8. The van der Waals surface area contributed by atoms with Crippen molar-refractivity contribution in [3.8, 4) is 5.75 Å². The largest absolute Gasteiger partial charge is 0.481 e. The summed E-state index contributed by atoms with van der Waals surface area (Å²) in [6.07, 6.45) is 0.105. The molecule has 24 heavy (non-hydrogen) atoms. The van der Waals surface area contributed by atoms with E-state index in [1.54, 1.807) is 11.8 Å². The molecule has 0 aliphatic rings. The molecule has 0 saturated carbocycles. The molecular weight excluding hydrogens is 318 g/mol. The molecule has 0 saturated heterocycles. The van der Waals surface area contributed by atoms with Crippen molar-refractivity contribution >= 4 is 23.4 Å². The molecule has 2 rings (SSSR count). The van der Waals surface area contributed by atoms with Gasteiger partial charge < -0.3 is 10.1 Å². The minimum absolute atomic E-state index is 0.110. The molecule has 4 heteroatoms. The molecular formula is C20H25NO2S. The van der Waals surface area contributed by atoms with Crippen molar-refractivity contribution in [3.05, 3.63) is 53.6 Å². The summed E-state index contributed by atoms with van der Waals surface area (Å²) in [7, 11) is 0. The van der Waals surface area contributed by atoms with E-state index in [0.717, 1.165) is 33.2 Å². The average Bonchev–Trinajstić information content (AvgIpc) is 2.53. The molecule has 1 N–H and O–H groups in total. The van der Waals surface area contributed by atoms with Crippen LogP contribution in [0.5, 0.6) is 5.75 Å². The van der Waals surface area contributed by atoms with Crippen LogP contribution in [0.2, 0.25) is 0 Å². The zero-order chi connectivity index (χ0) is 17.5. The lowest BCUT2D eigenvalue weighted by atomic mass is 10.1. The Balaban J connectivity index is 2.11. The number of ether oxygens (including phenoxy) is 1. The fraction of sp³-hybridized carbons (Fsp3) is 0.350. The summed E-state index contributed by atoms with van der Waals surface area (Å²) in [6, 6.07) is 13.9. The van der Waals surface area contributed by atoms with Gasteiger partial charge in [-0.15, -0.1) is 11.8 Å². The van der Waals surface area contributed by atoms with E-state index in [4.69, 9.17) is 4.74 Å². The smallest absolute Gasteiger partial charge is 0.265 e. The third kappa shape index (κ3) is 5.03. The van der Waals surface area contributed by atoms with E-state index in [1.807, 2.05) is 57.2 Å². The Morgan fingerprint density at radius 3 is 2.42 bits per heavy atom. The first-order chi connectivity index (χ1) is 11.5. The maximum absolute atomic E-state index is 12.6. The van der Waals surface area contributed by atoms with Gasteiger partial charge in [-0.25, -0.2) is 0 Å². The second-order valence-corrected chi connectivity index (χ2v) is 7.06. The zero-order valence-corrected chi connectivity index (χ0v) is 15.6. The first-order valence-corrected chi connectivity index (χ1v) is 9.29. The molecule has 1 atom stereocenters. The van der Waals surface area contributed by atoms with Crippen molar-refractivity contribution < 1.29 is 9.53 Å². The van der Waals surface area contributed by atoms with Gasteiger partial charge in [0.05, 0.1) is 5.69 Å². The Hall–Kier alpha value is -1.94. The molecule has 0 bridgehead atoms. The summed E-state index contributed by atoms with van der Waals surface area (Å²) >= 11 is 1.72. The van der Waals surface area contributed by atoms with Crippen LogP contribution in [-0.2, 0) is 4.79 Å². The topological polar surface area (TPSA) is 38.3 Å². The lowest BCUT2D eigenvalue weighted by Crippen LogP contribution is -2.32. The van der Waals surface area contributed by atoms with Crippen LogP contribution in [0.1, 0.15) is 31.4 Å². The van der Waals surface area contributed by atoms with Gasteiger partial charge in [-0.2, -0.15) is 0 Å². The van der Waals surface area contributed by atoms with Gasteiger partial charge in [0.15, 0.2) is 6.10 Å². The first kappa shape index (κ1) is 18.4. The average molecular weight is 343 g/mol. The van der Waals surface area contributed by atoms with Gasteiger partial charge in [0, 0.05) is 4.90 Å². The number of thioether (sulfide) groups is 1. The SMILES string of the molecule is CCSc1ccccc1NC(=O)[C@@H](CC)Oc1cc(C)cc(C)c1. The predicted octanol–water partition coefficient (Wildman–Crippen LogP) is 5.21. The van der Waals surface area contributed by atoms with E-state index in [2.05, 4.69) is 18.3 Å². The van der Waals surface area contributed by atoms with E-state index >= 15 is 0 Å². The molecule has 3 nitrogen and oxygen atoms in total. The number of carbonyl (C=O) groups excluding carboxylic acids is 1. The minimum Gasteiger partial charge on any atom is -0.481 e. The van der Waals surface area contributed by atoms with Crippen LogP contribution in [0.4, 0.5) is 5.69 Å². The van der Waals surface area contributed by atoms with Crippen LogP contribution in [-0.4, -0.2) is 17.8 Å². The summed E-state index contributed by atoms with van der Waals surface area (Å²) < 4.78 is 5.94. The van der Waals surface area contributed by atoms with Crippen LogP contribution in [0.15, 0.2) is 47.4 Å². The molecule has 0 fully saturated rings. The number of benzene rings is 2. The Kier molecular flexibility index (Phi) is 6.73. The molecule has 0 aliphatic carbocycles. The highest BCUT2D eigenvalue weighted by Gasteiger charge is 2.19. The number of aryl methyl sites for hydroxylation is 2. The highest BCUT2D eigenvalue weighted by molar-refractivity contribution is 7.99. The number of para-hydroxylation sites is 1. The van der Waals surface area contributed by atoms with Crippen LogP contribution in [0.3, 0.4) is 0 Å². The summed E-state index contributed by atoms with van der Waals surface area (Å²) in [5.41, 5.74) is 3.10. The van der Waals surface area contributed by atoms with E-state index in [9.17, 15) is 4.79 Å². The second kappa shape index (κ2) is 8.78. The molecule has 0 aliphatic heterocycles. The number of hydrogen-bond acceptors (Lipinski definition) is 3. The maximum atomic E-state index is 12.6. The lowest BCUT2D eigenvalue weighted by Gasteiger charge is -2.19. The monoisotopic (exact) mass is 343 g/mol. The molecule has 0 aromatic heterocycles. The van der Waals surface area contributed by atoms with Gasteiger partial charge in [0.2, 0.25) is 0 Å². The van der Waals surface area contributed by atoms with Crippen LogP contribution in [0.25, 0.3) is 0 Å². The molecule has 2 aromatic rings. The molecule has 0 unspecified atom stereocenters. The molecule has 1 amide bonds. The van der Waals surface area contributed by atoms with E-state index in [-0.39, 0.29) is 5.91 Å². The van der Waals surface area contributed by atoms with Crippen molar-refractivity contribution in [2.45, 2.75) is 45.1 Å². The summed E-state index contributed by atoms with van der Waals surface area (Å²) in [6.45, 7) is 8.11. The summed E-state index contributed by atoms with van der Waals surface area (Å²) in [5.74, 6) is 1.59. The normalized spacial score (nSPS) is 11.8. The van der Waals surface area contributed by atoms with Crippen molar-refractivity contribution in [2.24, 2.45) is 0 Å². The van der Waals surface area contributed by atoms with Gasteiger partial charge in [-0.05, 0) is 61.4 Å². The molecule has 0 spiro atoms. The lowest BCUT2D eigenvalue weighted by molar-refractivity contribution is -0.122. The number of hydrogen-bond donors (Lipinski definition) is 1. The Morgan fingerprint density at radius 2 is 1.79 bits per heavy atom. The molecule has 0 radical (unpaired) electrons. The van der Waals surface area contributed by atoms with Gasteiger partial charge in [0.1, 0.15) is 5.75 Å². The Labute approximate surface area is 148 Å². The van der Waals surface area contributed by atoms with Crippen molar-refractivity contribution in [1.82, 2.24) is 0 Å². The first-order valence-electron chi connectivity index (χ1n) is 8.31. The second-order valence-electron chi connectivity index (χ2n) is 5.76. The van der Waals surface area contributed by atoms with Crippen molar-refractivity contribution in [3.63, 3.8) is 0 Å².